The molecule has 1 amide bonds. The third kappa shape index (κ3) is 4.89. The number of anilines is 1. The Bertz CT molecular complexity index is 961. The lowest BCUT2D eigenvalue weighted by molar-refractivity contribution is 0.0602. The lowest BCUT2D eigenvalue weighted by Gasteiger charge is -2.05. The van der Waals surface area contributed by atoms with Crippen molar-refractivity contribution in [2.45, 2.75) is 13.5 Å². The summed E-state index contributed by atoms with van der Waals surface area (Å²) < 4.78 is 17.0. The smallest absolute Gasteiger partial charge is 0.340 e. The predicted octanol–water partition coefficient (Wildman–Crippen LogP) is 4.87. The number of nitrogens with one attached hydrogen (secondary N) is 1. The highest BCUT2D eigenvalue weighted by atomic mass is 127. The molecule has 140 valence electrons. The van der Waals surface area contributed by atoms with Gasteiger partial charge < -0.3 is 19.2 Å². The van der Waals surface area contributed by atoms with Crippen LogP contribution < -0.4 is 10.1 Å². The number of hydrogen-bond acceptors (Lipinski definition) is 6. The molecule has 3 aromatic rings. The predicted molar refractivity (Wildman–Crippen MR) is 111 cm³/mol. The van der Waals surface area contributed by atoms with Gasteiger partial charge in [0, 0.05) is 8.45 Å². The van der Waals surface area contributed by atoms with Gasteiger partial charge in [-0.2, -0.15) is 0 Å². The van der Waals surface area contributed by atoms with Crippen LogP contribution >= 0.6 is 33.9 Å². The molecular weight excluding hydrogens is 481 g/mol. The highest BCUT2D eigenvalue weighted by molar-refractivity contribution is 14.1. The number of esters is 1. The van der Waals surface area contributed by atoms with E-state index in [1.54, 1.807) is 18.2 Å². The number of aryl methyl sites for hydroxylation is 1. The monoisotopic (exact) mass is 497 g/mol. The SMILES string of the molecule is COC(=O)c1cc(C)sc1NC(=O)c1ccc(COc2ccc(I)cc2)o1. The summed E-state index contributed by atoms with van der Waals surface area (Å²) in [7, 11) is 1.30. The number of methoxy groups -OCH3 is 1. The van der Waals surface area contributed by atoms with Crippen LogP contribution in [0.25, 0.3) is 0 Å². The first-order valence-electron chi connectivity index (χ1n) is 7.93. The second-order valence-corrected chi connectivity index (χ2v) is 8.06. The fraction of sp³-hybridized carbons (Fsp3) is 0.158. The summed E-state index contributed by atoms with van der Waals surface area (Å²) in [6.45, 7) is 2.05. The topological polar surface area (TPSA) is 77.8 Å². The summed E-state index contributed by atoms with van der Waals surface area (Å²) in [6.07, 6.45) is 0. The molecule has 0 atom stereocenters. The number of thiophene rings is 1. The maximum atomic E-state index is 12.4. The quantitative estimate of drug-likeness (QED) is 0.389. The van der Waals surface area contributed by atoms with Gasteiger partial charge in [0.1, 0.15) is 23.1 Å². The molecular formula is C19H16INO5S. The molecule has 0 fully saturated rings. The largest absolute Gasteiger partial charge is 0.486 e. The molecule has 1 N–H and O–H groups in total. The Kier molecular flexibility index (Phi) is 6.17. The summed E-state index contributed by atoms with van der Waals surface area (Å²) in [5.41, 5.74) is 0.321. The summed E-state index contributed by atoms with van der Waals surface area (Å²) in [4.78, 5) is 25.1. The van der Waals surface area contributed by atoms with Gasteiger partial charge in [-0.1, -0.05) is 0 Å². The van der Waals surface area contributed by atoms with E-state index in [-0.39, 0.29) is 12.4 Å². The molecule has 0 radical (unpaired) electrons. The highest BCUT2D eigenvalue weighted by Gasteiger charge is 2.19. The Morgan fingerprint density at radius 1 is 1.19 bits per heavy atom. The Hall–Kier alpha value is -2.33. The average Bonchev–Trinajstić information content (AvgIpc) is 3.27. The highest BCUT2D eigenvalue weighted by Crippen LogP contribution is 2.29. The number of furan rings is 1. The van der Waals surface area contributed by atoms with Crippen molar-refractivity contribution >= 4 is 50.8 Å². The molecule has 0 aliphatic heterocycles. The van der Waals surface area contributed by atoms with E-state index in [0.29, 0.717) is 16.3 Å². The van der Waals surface area contributed by atoms with Gasteiger partial charge in [-0.3, -0.25) is 4.79 Å². The Balaban J connectivity index is 1.65. The second kappa shape index (κ2) is 8.57. The molecule has 0 spiro atoms. The molecule has 6 nitrogen and oxygen atoms in total. The zero-order valence-electron chi connectivity index (χ0n) is 14.6. The van der Waals surface area contributed by atoms with Crippen LogP contribution in [0.2, 0.25) is 0 Å². The fourth-order valence-corrected chi connectivity index (χ4v) is 3.55. The maximum Gasteiger partial charge on any atom is 0.340 e. The van der Waals surface area contributed by atoms with Gasteiger partial charge in [0.15, 0.2) is 5.76 Å². The van der Waals surface area contributed by atoms with Crippen LogP contribution in [-0.2, 0) is 11.3 Å². The van der Waals surface area contributed by atoms with Gasteiger partial charge in [-0.15, -0.1) is 11.3 Å². The molecule has 0 aliphatic carbocycles. The Labute approximate surface area is 173 Å². The number of rotatable bonds is 6. The molecule has 1 aromatic carbocycles. The van der Waals surface area contributed by atoms with Crippen molar-refractivity contribution in [3.05, 3.63) is 68.0 Å². The molecule has 0 unspecified atom stereocenters. The minimum atomic E-state index is -0.499. The number of hydrogen-bond donors (Lipinski definition) is 1. The van der Waals surface area contributed by atoms with Crippen molar-refractivity contribution in [1.82, 2.24) is 0 Å². The summed E-state index contributed by atoms with van der Waals surface area (Å²) in [5.74, 6) is 0.435. The first-order chi connectivity index (χ1) is 13.0. The number of amides is 1. The minimum absolute atomic E-state index is 0.137. The second-order valence-electron chi connectivity index (χ2n) is 5.55. The summed E-state index contributed by atoms with van der Waals surface area (Å²) in [5, 5.41) is 3.13. The molecule has 3 rings (SSSR count). The molecule has 27 heavy (non-hydrogen) atoms. The van der Waals surface area contributed by atoms with Gasteiger partial charge in [0.05, 0.1) is 12.7 Å². The average molecular weight is 497 g/mol. The number of benzene rings is 1. The standard InChI is InChI=1S/C19H16INO5S/c1-11-9-15(19(23)24-2)18(27-11)21-17(22)16-8-7-14(26-16)10-25-13-5-3-12(20)4-6-13/h3-9H,10H2,1-2H3,(H,21,22). The Morgan fingerprint density at radius 3 is 2.63 bits per heavy atom. The van der Waals surface area contributed by atoms with Crippen LogP contribution in [0.1, 0.15) is 31.6 Å². The van der Waals surface area contributed by atoms with Gasteiger partial charge in [0.2, 0.25) is 0 Å². The lowest BCUT2D eigenvalue weighted by Crippen LogP contribution is -2.13. The zero-order valence-corrected chi connectivity index (χ0v) is 17.6. The summed E-state index contributed by atoms with van der Waals surface area (Å²) >= 11 is 3.52. The minimum Gasteiger partial charge on any atom is -0.486 e. The van der Waals surface area contributed by atoms with E-state index in [2.05, 4.69) is 27.9 Å². The van der Waals surface area contributed by atoms with Crippen molar-refractivity contribution in [3.8, 4) is 5.75 Å². The number of ether oxygens (including phenoxy) is 2. The van der Waals surface area contributed by atoms with Gasteiger partial charge in [0.25, 0.3) is 5.91 Å². The molecule has 2 heterocycles. The van der Waals surface area contributed by atoms with E-state index < -0.39 is 11.9 Å². The molecule has 2 aromatic heterocycles. The van der Waals surface area contributed by atoms with Crippen LogP contribution in [0.15, 0.2) is 46.9 Å². The molecule has 8 heteroatoms. The van der Waals surface area contributed by atoms with Crippen LogP contribution in [0.3, 0.4) is 0 Å². The first kappa shape index (κ1) is 19.4. The first-order valence-corrected chi connectivity index (χ1v) is 9.83. The normalized spacial score (nSPS) is 10.5. The number of carbonyl (C=O) groups excluding carboxylic acids is 2. The van der Waals surface area contributed by atoms with Gasteiger partial charge in [-0.25, -0.2) is 4.79 Å². The van der Waals surface area contributed by atoms with Crippen molar-refractivity contribution in [2.75, 3.05) is 12.4 Å². The molecule has 0 saturated heterocycles. The van der Waals surface area contributed by atoms with Crippen molar-refractivity contribution in [1.29, 1.82) is 0 Å². The van der Waals surface area contributed by atoms with E-state index in [1.165, 1.54) is 18.4 Å². The van der Waals surface area contributed by atoms with E-state index in [9.17, 15) is 9.59 Å². The number of halogens is 1. The zero-order chi connectivity index (χ0) is 19.4. The van der Waals surface area contributed by atoms with E-state index >= 15 is 0 Å². The number of carbonyl (C=O) groups is 2. The van der Waals surface area contributed by atoms with Crippen LogP contribution in [0.5, 0.6) is 5.75 Å². The van der Waals surface area contributed by atoms with Crippen molar-refractivity contribution < 1.29 is 23.5 Å². The molecule has 0 aliphatic rings. The third-order valence-electron chi connectivity index (χ3n) is 3.57. The van der Waals surface area contributed by atoms with Crippen molar-refractivity contribution in [3.63, 3.8) is 0 Å². The van der Waals surface area contributed by atoms with Crippen molar-refractivity contribution in [2.24, 2.45) is 0 Å². The van der Waals surface area contributed by atoms with Gasteiger partial charge >= 0.3 is 5.97 Å². The van der Waals surface area contributed by atoms with Crippen LogP contribution in [-0.4, -0.2) is 19.0 Å². The third-order valence-corrected chi connectivity index (χ3v) is 5.25. The fourth-order valence-electron chi connectivity index (χ4n) is 2.30. The Morgan fingerprint density at radius 2 is 1.93 bits per heavy atom. The van der Waals surface area contributed by atoms with Crippen LogP contribution in [0, 0.1) is 10.5 Å². The van der Waals surface area contributed by atoms with E-state index in [4.69, 9.17) is 13.9 Å². The van der Waals surface area contributed by atoms with E-state index in [1.807, 2.05) is 31.2 Å². The lowest BCUT2D eigenvalue weighted by atomic mass is 10.3. The molecule has 0 saturated carbocycles. The maximum absolute atomic E-state index is 12.4. The van der Waals surface area contributed by atoms with Gasteiger partial charge in [-0.05, 0) is 72.0 Å². The van der Waals surface area contributed by atoms with Crippen LogP contribution in [0.4, 0.5) is 5.00 Å². The molecule has 0 bridgehead atoms. The summed E-state index contributed by atoms with van der Waals surface area (Å²) in [6, 6.07) is 12.5. The van der Waals surface area contributed by atoms with E-state index in [0.717, 1.165) is 14.2 Å².